The van der Waals surface area contributed by atoms with Crippen molar-refractivity contribution in [3.05, 3.63) is 29.3 Å². The van der Waals surface area contributed by atoms with Crippen molar-refractivity contribution in [3.8, 4) is 5.75 Å². The Morgan fingerprint density at radius 1 is 1.31 bits per heavy atom. The molecule has 0 radical (unpaired) electrons. The third kappa shape index (κ3) is 2.86. The number of hydrogen-bond donors (Lipinski definition) is 2. The third-order valence-electron chi connectivity index (χ3n) is 7.51. The molecule has 2 saturated carbocycles. The third-order valence-corrected chi connectivity index (χ3v) is 7.80. The molecule has 0 aliphatic heterocycles. The Morgan fingerprint density at radius 3 is 2.88 bits per heavy atom. The molecular formula is C22H30O3S. The number of phenols is 1. The van der Waals surface area contributed by atoms with Crippen molar-refractivity contribution in [2.45, 2.75) is 64.4 Å². The summed E-state index contributed by atoms with van der Waals surface area (Å²) in [7, 11) is 0. The first kappa shape index (κ1) is 18.2. The number of fused-ring (bicyclic) bond motifs is 5. The molecule has 1 unspecified atom stereocenters. The average molecular weight is 375 g/mol. The van der Waals surface area contributed by atoms with Crippen molar-refractivity contribution in [2.75, 3.05) is 6.61 Å². The monoisotopic (exact) mass is 374 g/mol. The first-order chi connectivity index (χ1) is 12.4. The summed E-state index contributed by atoms with van der Waals surface area (Å²) in [6.45, 7) is 4.90. The number of hydrogen-bond acceptors (Lipinski definition) is 4. The Bertz CT molecular complexity index is 703. The molecule has 142 valence electrons. The summed E-state index contributed by atoms with van der Waals surface area (Å²) >= 11 is 5.51. The van der Waals surface area contributed by atoms with Gasteiger partial charge in [-0.15, -0.1) is 0 Å². The van der Waals surface area contributed by atoms with Gasteiger partial charge in [-0.3, -0.25) is 0 Å². The molecule has 2 fully saturated rings. The molecule has 4 rings (SSSR count). The van der Waals surface area contributed by atoms with Crippen LogP contribution in [0.2, 0.25) is 0 Å². The maximum absolute atomic E-state index is 10.8. The number of aliphatic hydroxyl groups is 1. The Morgan fingerprint density at radius 2 is 2.12 bits per heavy atom. The molecule has 3 aliphatic carbocycles. The van der Waals surface area contributed by atoms with Crippen LogP contribution in [0.4, 0.5) is 0 Å². The Labute approximate surface area is 161 Å². The van der Waals surface area contributed by atoms with Gasteiger partial charge in [-0.25, -0.2) is 0 Å². The van der Waals surface area contributed by atoms with E-state index >= 15 is 0 Å². The topological polar surface area (TPSA) is 49.7 Å². The fourth-order valence-corrected chi connectivity index (χ4v) is 6.81. The highest BCUT2D eigenvalue weighted by molar-refractivity contribution is 7.80. The van der Waals surface area contributed by atoms with Gasteiger partial charge in [0, 0.05) is 6.42 Å². The summed E-state index contributed by atoms with van der Waals surface area (Å²) in [5, 5.41) is 21.4. The van der Waals surface area contributed by atoms with Crippen molar-refractivity contribution in [3.63, 3.8) is 0 Å². The zero-order valence-electron chi connectivity index (χ0n) is 15.8. The van der Waals surface area contributed by atoms with Gasteiger partial charge in [0.2, 0.25) is 0 Å². The van der Waals surface area contributed by atoms with E-state index in [2.05, 4.69) is 13.0 Å². The molecule has 0 saturated heterocycles. The molecule has 2 N–H and O–H groups in total. The van der Waals surface area contributed by atoms with Gasteiger partial charge < -0.3 is 14.9 Å². The first-order valence-corrected chi connectivity index (χ1v) is 10.5. The number of phenolic OH excluding ortho intramolecular Hbond substituents is 1. The Kier molecular flexibility index (Phi) is 4.77. The van der Waals surface area contributed by atoms with Crippen LogP contribution in [0.1, 0.15) is 63.0 Å². The number of thiocarbonyl (C=S) groups is 1. The van der Waals surface area contributed by atoms with E-state index in [1.54, 1.807) is 0 Å². The molecule has 0 bridgehead atoms. The van der Waals surface area contributed by atoms with Crippen LogP contribution in [0.15, 0.2) is 18.2 Å². The SMILES string of the molecule is CCOC(=S)C[C@H]1C[C@]2(C)C(O)CC[C@H]2[C@@H]2CCc3cc(O)ccc3[C@@H]12. The van der Waals surface area contributed by atoms with E-state index in [4.69, 9.17) is 17.0 Å². The minimum atomic E-state index is -0.196. The van der Waals surface area contributed by atoms with Crippen LogP contribution in [0, 0.1) is 23.2 Å². The van der Waals surface area contributed by atoms with Gasteiger partial charge in [-0.2, -0.15) is 0 Å². The van der Waals surface area contributed by atoms with Crippen LogP contribution in [-0.2, 0) is 11.2 Å². The highest BCUT2D eigenvalue weighted by Gasteiger charge is 2.57. The minimum absolute atomic E-state index is 0.00207. The summed E-state index contributed by atoms with van der Waals surface area (Å²) in [5.74, 6) is 2.40. The van der Waals surface area contributed by atoms with Gasteiger partial charge in [0.15, 0.2) is 5.05 Å². The van der Waals surface area contributed by atoms with E-state index in [9.17, 15) is 10.2 Å². The first-order valence-electron chi connectivity index (χ1n) is 10.1. The second-order valence-corrected chi connectivity index (χ2v) is 9.25. The summed E-state index contributed by atoms with van der Waals surface area (Å²) < 4.78 is 5.63. The molecule has 0 spiro atoms. The lowest BCUT2D eigenvalue weighted by Crippen LogP contribution is -2.48. The van der Waals surface area contributed by atoms with E-state index in [0.717, 1.165) is 38.5 Å². The quantitative estimate of drug-likeness (QED) is 0.760. The number of aryl methyl sites for hydroxylation is 1. The summed E-state index contributed by atoms with van der Waals surface area (Å²) in [6.07, 6.45) is 5.83. The molecule has 0 heterocycles. The predicted molar refractivity (Wildman–Crippen MR) is 106 cm³/mol. The second-order valence-electron chi connectivity index (χ2n) is 8.79. The Balaban J connectivity index is 1.73. The molecule has 3 nitrogen and oxygen atoms in total. The Hall–Kier alpha value is -1.13. The van der Waals surface area contributed by atoms with Crippen molar-refractivity contribution < 1.29 is 14.9 Å². The number of rotatable bonds is 3. The van der Waals surface area contributed by atoms with Gasteiger partial charge >= 0.3 is 0 Å². The maximum atomic E-state index is 10.8. The maximum Gasteiger partial charge on any atom is 0.159 e. The van der Waals surface area contributed by atoms with Crippen LogP contribution in [0.25, 0.3) is 0 Å². The van der Waals surface area contributed by atoms with E-state index in [1.165, 1.54) is 11.1 Å². The summed E-state index contributed by atoms with van der Waals surface area (Å²) in [5.41, 5.74) is 2.69. The van der Waals surface area contributed by atoms with Gasteiger partial charge in [-0.1, -0.05) is 13.0 Å². The van der Waals surface area contributed by atoms with Crippen LogP contribution < -0.4 is 0 Å². The zero-order chi connectivity index (χ0) is 18.5. The molecule has 0 amide bonds. The number of benzene rings is 1. The molecule has 6 atom stereocenters. The molecule has 0 aromatic heterocycles. The molecular weight excluding hydrogens is 344 g/mol. The fraction of sp³-hybridized carbons (Fsp3) is 0.682. The molecule has 4 heteroatoms. The number of aliphatic hydroxyl groups excluding tert-OH is 1. The van der Waals surface area contributed by atoms with Crippen LogP contribution >= 0.6 is 12.2 Å². The van der Waals surface area contributed by atoms with E-state index in [0.29, 0.717) is 41.1 Å². The minimum Gasteiger partial charge on any atom is -0.508 e. The fourth-order valence-electron chi connectivity index (χ4n) is 6.48. The van der Waals surface area contributed by atoms with E-state index in [1.807, 2.05) is 19.1 Å². The van der Waals surface area contributed by atoms with Gasteiger partial charge in [0.1, 0.15) is 5.75 Å². The molecule has 1 aromatic rings. The van der Waals surface area contributed by atoms with Crippen LogP contribution in [-0.4, -0.2) is 28.0 Å². The number of aromatic hydroxyl groups is 1. The van der Waals surface area contributed by atoms with Crippen molar-refractivity contribution in [2.24, 2.45) is 23.2 Å². The highest BCUT2D eigenvalue weighted by atomic mass is 32.1. The predicted octanol–water partition coefficient (Wildman–Crippen LogP) is 4.59. The summed E-state index contributed by atoms with van der Waals surface area (Å²) in [4.78, 5) is 0. The van der Waals surface area contributed by atoms with E-state index < -0.39 is 0 Å². The molecule has 26 heavy (non-hydrogen) atoms. The lowest BCUT2D eigenvalue weighted by atomic mass is 9.51. The molecule has 1 aromatic carbocycles. The van der Waals surface area contributed by atoms with Crippen molar-refractivity contribution in [1.82, 2.24) is 0 Å². The largest absolute Gasteiger partial charge is 0.508 e. The smallest absolute Gasteiger partial charge is 0.159 e. The average Bonchev–Trinajstić information content (AvgIpc) is 2.89. The zero-order valence-corrected chi connectivity index (χ0v) is 16.6. The van der Waals surface area contributed by atoms with Gasteiger partial charge in [-0.05, 0) is 104 Å². The van der Waals surface area contributed by atoms with Gasteiger partial charge in [0.05, 0.1) is 12.7 Å². The second kappa shape index (κ2) is 6.79. The van der Waals surface area contributed by atoms with Gasteiger partial charge in [0.25, 0.3) is 0 Å². The number of ether oxygens (including phenoxy) is 1. The van der Waals surface area contributed by atoms with Crippen LogP contribution in [0.5, 0.6) is 5.75 Å². The van der Waals surface area contributed by atoms with Crippen molar-refractivity contribution in [1.29, 1.82) is 0 Å². The molecule has 3 aliphatic rings. The lowest BCUT2D eigenvalue weighted by molar-refractivity contribution is -0.0472. The normalized spacial score (nSPS) is 38.2. The highest BCUT2D eigenvalue weighted by Crippen LogP contribution is 2.63. The van der Waals surface area contributed by atoms with Crippen molar-refractivity contribution >= 4 is 17.3 Å². The summed E-state index contributed by atoms with van der Waals surface area (Å²) in [6, 6.07) is 5.91. The lowest BCUT2D eigenvalue weighted by Gasteiger charge is -2.53. The standard InChI is InChI=1S/C22H30O3S/c1-3-25-20(26)11-14-12-22(2)18(8-9-19(22)24)17-6-4-13-10-15(23)5-7-16(13)21(14)17/h5,7,10,14,17-19,21,23-24H,3-4,6,8-9,11-12H2,1-2H3/t14-,17-,18-,19?,21+,22-/m0/s1. The van der Waals surface area contributed by atoms with E-state index in [-0.39, 0.29) is 11.5 Å². The van der Waals surface area contributed by atoms with Crippen LogP contribution in [0.3, 0.4) is 0 Å².